The third kappa shape index (κ3) is 3.48. The van der Waals surface area contributed by atoms with Gasteiger partial charge >= 0.3 is 0 Å². The van der Waals surface area contributed by atoms with Crippen molar-refractivity contribution < 1.29 is 8.42 Å². The van der Waals surface area contributed by atoms with E-state index in [-0.39, 0.29) is 4.90 Å². The summed E-state index contributed by atoms with van der Waals surface area (Å²) < 4.78 is 28.2. The lowest BCUT2D eigenvalue weighted by Gasteiger charge is -2.35. The summed E-state index contributed by atoms with van der Waals surface area (Å²) >= 11 is 0. The van der Waals surface area contributed by atoms with E-state index in [2.05, 4.69) is 19.8 Å². The standard InChI is InChI=1S/C21H24N6O2S/c28-30(29,18-7-3-5-17-6-4-9-22-20(17)18)27-15-13-25(14-16-27)19-8-10-23-21(24-19)26-11-1-2-12-26/h3-10H,1-2,11-16H2. The highest BCUT2D eigenvalue weighted by molar-refractivity contribution is 7.89. The van der Waals surface area contributed by atoms with E-state index in [0.29, 0.717) is 31.7 Å². The number of para-hydroxylation sites is 1. The molecule has 0 unspecified atom stereocenters. The number of anilines is 2. The van der Waals surface area contributed by atoms with Crippen LogP contribution in [-0.4, -0.2) is 66.9 Å². The number of benzene rings is 1. The molecule has 0 amide bonds. The van der Waals surface area contributed by atoms with Crippen LogP contribution < -0.4 is 9.80 Å². The van der Waals surface area contributed by atoms with Crippen molar-refractivity contribution in [1.29, 1.82) is 0 Å². The molecule has 2 saturated heterocycles. The Morgan fingerprint density at radius 2 is 1.53 bits per heavy atom. The first-order valence-corrected chi connectivity index (χ1v) is 11.7. The van der Waals surface area contributed by atoms with E-state index in [0.717, 1.165) is 30.2 Å². The molecule has 156 valence electrons. The van der Waals surface area contributed by atoms with Crippen LogP contribution in [0.2, 0.25) is 0 Å². The molecule has 0 radical (unpaired) electrons. The Kier molecular flexibility index (Phi) is 5.00. The molecule has 0 N–H and O–H groups in total. The van der Waals surface area contributed by atoms with Gasteiger partial charge in [-0.3, -0.25) is 4.98 Å². The number of aromatic nitrogens is 3. The van der Waals surface area contributed by atoms with Crippen molar-refractivity contribution in [3.05, 3.63) is 48.8 Å². The largest absolute Gasteiger partial charge is 0.354 e. The summed E-state index contributed by atoms with van der Waals surface area (Å²) in [5, 5.41) is 0.827. The zero-order valence-electron chi connectivity index (χ0n) is 16.7. The van der Waals surface area contributed by atoms with Gasteiger partial charge in [-0.2, -0.15) is 9.29 Å². The zero-order valence-corrected chi connectivity index (χ0v) is 17.5. The van der Waals surface area contributed by atoms with Crippen molar-refractivity contribution in [2.45, 2.75) is 17.7 Å². The maximum absolute atomic E-state index is 13.3. The molecular formula is C21H24N6O2S. The van der Waals surface area contributed by atoms with E-state index in [9.17, 15) is 8.42 Å². The highest BCUT2D eigenvalue weighted by Gasteiger charge is 2.30. The van der Waals surface area contributed by atoms with Crippen LogP contribution in [0.15, 0.2) is 53.7 Å². The third-order valence-electron chi connectivity index (χ3n) is 5.79. The van der Waals surface area contributed by atoms with Crippen LogP contribution in [0.25, 0.3) is 10.9 Å². The van der Waals surface area contributed by atoms with Gasteiger partial charge in [0.05, 0.1) is 5.52 Å². The minimum atomic E-state index is -3.61. The lowest BCUT2D eigenvalue weighted by molar-refractivity contribution is 0.384. The number of sulfonamides is 1. The smallest absolute Gasteiger partial charge is 0.245 e. The number of hydrogen-bond donors (Lipinski definition) is 0. The highest BCUT2D eigenvalue weighted by Crippen LogP contribution is 2.26. The molecule has 0 aliphatic carbocycles. The summed E-state index contributed by atoms with van der Waals surface area (Å²) in [5.74, 6) is 1.62. The molecule has 2 aliphatic rings. The molecule has 0 atom stereocenters. The monoisotopic (exact) mass is 424 g/mol. The molecule has 5 rings (SSSR count). The first-order chi connectivity index (χ1) is 14.6. The average Bonchev–Trinajstić information content (AvgIpc) is 3.34. The summed E-state index contributed by atoms with van der Waals surface area (Å²) in [6.45, 7) is 3.99. The number of rotatable bonds is 4. The molecule has 0 bridgehead atoms. The minimum absolute atomic E-state index is 0.271. The van der Waals surface area contributed by atoms with Crippen molar-refractivity contribution >= 4 is 32.7 Å². The van der Waals surface area contributed by atoms with Gasteiger partial charge in [0.1, 0.15) is 10.7 Å². The van der Waals surface area contributed by atoms with Gasteiger partial charge < -0.3 is 9.80 Å². The Hall–Kier alpha value is -2.78. The fourth-order valence-electron chi connectivity index (χ4n) is 4.17. The van der Waals surface area contributed by atoms with Crippen LogP contribution in [0.4, 0.5) is 11.8 Å². The Bertz CT molecular complexity index is 1150. The average molecular weight is 425 g/mol. The molecule has 30 heavy (non-hydrogen) atoms. The molecular weight excluding hydrogens is 400 g/mol. The van der Waals surface area contributed by atoms with Crippen LogP contribution >= 0.6 is 0 Å². The second-order valence-electron chi connectivity index (χ2n) is 7.63. The van der Waals surface area contributed by atoms with Gasteiger partial charge in [-0.25, -0.2) is 13.4 Å². The van der Waals surface area contributed by atoms with Gasteiger partial charge in [0, 0.05) is 57.0 Å². The van der Waals surface area contributed by atoms with Gasteiger partial charge in [-0.15, -0.1) is 0 Å². The number of pyridine rings is 1. The molecule has 1 aromatic carbocycles. The van der Waals surface area contributed by atoms with Gasteiger partial charge in [0.2, 0.25) is 16.0 Å². The lowest BCUT2D eigenvalue weighted by atomic mass is 10.2. The van der Waals surface area contributed by atoms with Crippen LogP contribution in [0, 0.1) is 0 Å². The highest BCUT2D eigenvalue weighted by atomic mass is 32.2. The summed E-state index contributed by atoms with van der Waals surface area (Å²) in [4.78, 5) is 18.1. The predicted molar refractivity (Wildman–Crippen MR) is 116 cm³/mol. The van der Waals surface area contributed by atoms with Crippen LogP contribution in [0.5, 0.6) is 0 Å². The molecule has 3 aromatic rings. The topological polar surface area (TPSA) is 82.5 Å². The summed E-state index contributed by atoms with van der Waals surface area (Å²) in [6.07, 6.45) is 5.77. The van der Waals surface area contributed by atoms with E-state index in [1.165, 1.54) is 12.8 Å². The maximum Gasteiger partial charge on any atom is 0.245 e. The van der Waals surface area contributed by atoms with Crippen molar-refractivity contribution in [1.82, 2.24) is 19.3 Å². The maximum atomic E-state index is 13.3. The van der Waals surface area contributed by atoms with E-state index < -0.39 is 10.0 Å². The van der Waals surface area contributed by atoms with E-state index in [4.69, 9.17) is 4.98 Å². The van der Waals surface area contributed by atoms with Crippen molar-refractivity contribution in [2.24, 2.45) is 0 Å². The van der Waals surface area contributed by atoms with E-state index >= 15 is 0 Å². The van der Waals surface area contributed by atoms with Gasteiger partial charge in [-0.1, -0.05) is 18.2 Å². The minimum Gasteiger partial charge on any atom is -0.354 e. The van der Waals surface area contributed by atoms with Crippen LogP contribution in [-0.2, 0) is 10.0 Å². The second-order valence-corrected chi connectivity index (χ2v) is 9.54. The second kappa shape index (κ2) is 7.81. The Balaban J connectivity index is 1.34. The Morgan fingerprint density at radius 3 is 2.33 bits per heavy atom. The normalized spacial score (nSPS) is 18.3. The fraction of sp³-hybridized carbons (Fsp3) is 0.381. The van der Waals surface area contributed by atoms with Crippen molar-refractivity contribution in [2.75, 3.05) is 49.1 Å². The predicted octanol–water partition coefficient (Wildman–Crippen LogP) is 2.14. The molecule has 8 nitrogen and oxygen atoms in total. The molecule has 0 saturated carbocycles. The quantitative estimate of drug-likeness (QED) is 0.635. The summed E-state index contributed by atoms with van der Waals surface area (Å²) in [5.41, 5.74) is 0.522. The first kappa shape index (κ1) is 19.2. The van der Waals surface area contributed by atoms with Crippen molar-refractivity contribution in [3.63, 3.8) is 0 Å². The number of fused-ring (bicyclic) bond motifs is 1. The van der Waals surface area contributed by atoms with Gasteiger partial charge in [0.15, 0.2) is 0 Å². The Morgan fingerprint density at radius 1 is 0.767 bits per heavy atom. The Labute approximate surface area is 176 Å². The molecule has 0 spiro atoms. The summed E-state index contributed by atoms with van der Waals surface area (Å²) in [7, 11) is -3.61. The van der Waals surface area contributed by atoms with Gasteiger partial charge in [-0.05, 0) is 31.0 Å². The molecule has 2 aliphatic heterocycles. The molecule has 4 heterocycles. The van der Waals surface area contributed by atoms with Crippen molar-refractivity contribution in [3.8, 4) is 0 Å². The van der Waals surface area contributed by atoms with Crippen LogP contribution in [0.1, 0.15) is 12.8 Å². The van der Waals surface area contributed by atoms with E-state index in [1.54, 1.807) is 28.8 Å². The third-order valence-corrected chi connectivity index (χ3v) is 7.72. The molecule has 2 aromatic heterocycles. The molecule has 2 fully saturated rings. The lowest BCUT2D eigenvalue weighted by Crippen LogP contribution is -2.49. The first-order valence-electron chi connectivity index (χ1n) is 10.3. The van der Waals surface area contributed by atoms with Crippen LogP contribution in [0.3, 0.4) is 0 Å². The number of hydrogen-bond acceptors (Lipinski definition) is 7. The SMILES string of the molecule is O=S(=O)(c1cccc2cccnc12)N1CCN(c2ccnc(N3CCCC3)n2)CC1. The number of piperazine rings is 1. The molecule has 9 heteroatoms. The number of nitrogens with zero attached hydrogens (tertiary/aromatic N) is 6. The summed E-state index contributed by atoms with van der Waals surface area (Å²) in [6, 6.07) is 10.9. The van der Waals surface area contributed by atoms with E-state index in [1.807, 2.05) is 24.3 Å². The fourth-order valence-corrected chi connectivity index (χ4v) is 5.75. The zero-order chi connectivity index (χ0) is 20.6. The van der Waals surface area contributed by atoms with Gasteiger partial charge in [0.25, 0.3) is 0 Å².